The van der Waals surface area contributed by atoms with Crippen molar-refractivity contribution in [1.29, 1.82) is 0 Å². The lowest BCUT2D eigenvalue weighted by molar-refractivity contribution is -0.143. The fraction of sp³-hybridized carbons (Fsp3) is 0.480. The first-order valence-corrected chi connectivity index (χ1v) is 12.2. The van der Waals surface area contributed by atoms with E-state index >= 15 is 0 Å². The highest BCUT2D eigenvalue weighted by molar-refractivity contribution is 5.97. The molecule has 0 saturated carbocycles. The number of hydrazine groups is 1. The van der Waals surface area contributed by atoms with Crippen molar-refractivity contribution in [3.8, 4) is 11.5 Å². The SMILES string of the molecule is NN(C(=O)C(c1ccc2c(c1)OCCO2)N1CCN2CCC[C@@H]2C1)c1cc(C(F)(F)F)cc(C(F)(F)F)c1. The second-order valence-electron chi connectivity index (χ2n) is 9.60. The third-order valence-electron chi connectivity index (χ3n) is 7.19. The predicted molar refractivity (Wildman–Crippen MR) is 124 cm³/mol. The molecule has 3 heterocycles. The number of alkyl halides is 6. The van der Waals surface area contributed by atoms with E-state index < -0.39 is 41.1 Å². The molecule has 2 atom stereocenters. The molecule has 38 heavy (non-hydrogen) atoms. The molecule has 0 aromatic heterocycles. The normalized spacial score (nSPS) is 21.2. The van der Waals surface area contributed by atoms with Crippen LogP contribution < -0.4 is 20.3 Å². The lowest BCUT2D eigenvalue weighted by atomic mass is 10.00. The monoisotopic (exact) mass is 544 g/mol. The van der Waals surface area contributed by atoms with Gasteiger partial charge in [0.25, 0.3) is 5.91 Å². The maximum Gasteiger partial charge on any atom is 0.416 e. The molecule has 0 radical (unpaired) electrons. The Morgan fingerprint density at radius 1 is 0.921 bits per heavy atom. The van der Waals surface area contributed by atoms with E-state index in [1.807, 2.05) is 4.90 Å². The van der Waals surface area contributed by atoms with Crippen LogP contribution in [0, 0.1) is 0 Å². The summed E-state index contributed by atoms with van der Waals surface area (Å²) in [6.45, 7) is 3.22. The molecule has 1 unspecified atom stereocenters. The van der Waals surface area contributed by atoms with E-state index in [4.69, 9.17) is 15.3 Å². The Hall–Kier alpha value is -3.03. The van der Waals surface area contributed by atoms with Gasteiger partial charge in [-0.3, -0.25) is 14.6 Å². The fourth-order valence-corrected chi connectivity index (χ4v) is 5.33. The fourth-order valence-electron chi connectivity index (χ4n) is 5.33. The smallest absolute Gasteiger partial charge is 0.416 e. The number of nitrogens with two attached hydrogens (primary N) is 1. The highest BCUT2D eigenvalue weighted by Gasteiger charge is 2.41. The van der Waals surface area contributed by atoms with E-state index in [9.17, 15) is 31.1 Å². The van der Waals surface area contributed by atoms with E-state index in [2.05, 4.69) is 4.90 Å². The number of hydrogen-bond donors (Lipinski definition) is 1. The van der Waals surface area contributed by atoms with Crippen LogP contribution >= 0.6 is 0 Å². The number of benzene rings is 2. The first kappa shape index (κ1) is 26.6. The van der Waals surface area contributed by atoms with Gasteiger partial charge < -0.3 is 9.47 Å². The van der Waals surface area contributed by atoms with Gasteiger partial charge in [0, 0.05) is 25.7 Å². The molecule has 0 bridgehead atoms. The van der Waals surface area contributed by atoms with Gasteiger partial charge >= 0.3 is 12.4 Å². The lowest BCUT2D eigenvalue weighted by Gasteiger charge is -2.42. The van der Waals surface area contributed by atoms with Crippen molar-refractivity contribution in [2.45, 2.75) is 37.3 Å². The molecule has 0 spiro atoms. The molecular weight excluding hydrogens is 518 g/mol. The third-order valence-corrected chi connectivity index (χ3v) is 7.19. The topological polar surface area (TPSA) is 71.3 Å². The zero-order valence-electron chi connectivity index (χ0n) is 20.2. The van der Waals surface area contributed by atoms with Crippen LogP contribution in [0.1, 0.15) is 35.6 Å². The number of ether oxygens (including phenoxy) is 2. The molecule has 2 N–H and O–H groups in total. The van der Waals surface area contributed by atoms with Gasteiger partial charge in [-0.1, -0.05) is 6.07 Å². The molecule has 1 amide bonds. The predicted octanol–water partition coefficient (Wildman–Crippen LogP) is 4.22. The van der Waals surface area contributed by atoms with Crippen molar-refractivity contribution in [1.82, 2.24) is 9.80 Å². The zero-order valence-corrected chi connectivity index (χ0v) is 20.2. The average Bonchev–Trinajstić information content (AvgIpc) is 3.35. The second-order valence-corrected chi connectivity index (χ2v) is 9.60. The molecule has 7 nitrogen and oxygen atoms in total. The Kier molecular flexibility index (Phi) is 6.95. The summed E-state index contributed by atoms with van der Waals surface area (Å²) in [6.07, 6.45) is -8.22. The van der Waals surface area contributed by atoms with Crippen molar-refractivity contribution in [2.24, 2.45) is 5.84 Å². The maximum atomic E-state index is 13.8. The Bertz CT molecular complexity index is 1170. The van der Waals surface area contributed by atoms with Crippen LogP contribution in [-0.4, -0.2) is 61.1 Å². The number of rotatable bonds is 4. The van der Waals surface area contributed by atoms with Crippen LogP contribution in [0.3, 0.4) is 0 Å². The van der Waals surface area contributed by atoms with Crippen LogP contribution in [0.5, 0.6) is 11.5 Å². The van der Waals surface area contributed by atoms with Crippen LogP contribution in [0.25, 0.3) is 0 Å². The van der Waals surface area contributed by atoms with E-state index in [1.54, 1.807) is 18.2 Å². The second kappa shape index (κ2) is 9.93. The Morgan fingerprint density at radius 3 is 2.24 bits per heavy atom. The summed E-state index contributed by atoms with van der Waals surface area (Å²) in [6, 6.07) is 4.89. The van der Waals surface area contributed by atoms with E-state index in [0.717, 1.165) is 19.4 Å². The van der Waals surface area contributed by atoms with Crippen molar-refractivity contribution < 1.29 is 40.6 Å². The van der Waals surface area contributed by atoms with Crippen molar-refractivity contribution in [2.75, 3.05) is 44.4 Å². The molecular formula is C25H26F6N4O3. The minimum atomic E-state index is -5.08. The molecule has 0 aliphatic carbocycles. The number of carbonyl (C=O) groups is 1. The van der Waals surface area contributed by atoms with Crippen molar-refractivity contribution in [3.05, 3.63) is 53.1 Å². The van der Waals surface area contributed by atoms with E-state index in [1.165, 1.54) is 0 Å². The highest BCUT2D eigenvalue weighted by Crippen LogP contribution is 2.40. The molecule has 2 fully saturated rings. The van der Waals surface area contributed by atoms with Gasteiger partial charge in [-0.25, -0.2) is 10.9 Å². The number of nitrogens with zero attached hydrogens (tertiary/aromatic N) is 3. The van der Waals surface area contributed by atoms with E-state index in [-0.39, 0.29) is 12.1 Å². The van der Waals surface area contributed by atoms with Crippen LogP contribution in [-0.2, 0) is 17.1 Å². The standard InChI is InChI=1S/C25H26F6N4O3/c26-24(27,28)16-11-17(25(29,30)31)13-19(12-16)35(32)23(36)22(34-7-6-33-5-1-2-18(33)14-34)15-3-4-20-21(10-15)38-9-8-37-20/h3-4,10-13,18,22H,1-2,5-9,14,32H2/t18-,22?/m1/s1. The van der Waals surface area contributed by atoms with Crippen molar-refractivity contribution >= 4 is 11.6 Å². The van der Waals surface area contributed by atoms with Gasteiger partial charge in [0.2, 0.25) is 0 Å². The maximum absolute atomic E-state index is 13.8. The molecule has 206 valence electrons. The zero-order chi connectivity index (χ0) is 27.2. The summed E-state index contributed by atoms with van der Waals surface area (Å²) in [4.78, 5) is 18.0. The summed E-state index contributed by atoms with van der Waals surface area (Å²) in [5.41, 5.74) is -3.37. The largest absolute Gasteiger partial charge is 0.486 e. The van der Waals surface area contributed by atoms with Gasteiger partial charge in [-0.2, -0.15) is 26.3 Å². The molecule has 3 aliphatic heterocycles. The summed E-state index contributed by atoms with van der Waals surface area (Å²) in [5.74, 6) is 6.02. The molecule has 5 rings (SSSR count). The van der Waals surface area contributed by atoms with Gasteiger partial charge in [0.1, 0.15) is 19.3 Å². The number of amides is 1. The minimum Gasteiger partial charge on any atom is -0.486 e. The Morgan fingerprint density at radius 2 is 1.58 bits per heavy atom. The highest BCUT2D eigenvalue weighted by atomic mass is 19.4. The van der Waals surface area contributed by atoms with Crippen LogP contribution in [0.15, 0.2) is 36.4 Å². The third kappa shape index (κ3) is 5.27. The lowest BCUT2D eigenvalue weighted by Crippen LogP contribution is -2.55. The number of piperazine rings is 1. The average molecular weight is 544 g/mol. The molecule has 2 aromatic carbocycles. The molecule has 3 aliphatic rings. The summed E-state index contributed by atoms with van der Waals surface area (Å²) in [7, 11) is 0. The van der Waals surface area contributed by atoms with Gasteiger partial charge in [-0.05, 0) is 55.3 Å². The van der Waals surface area contributed by atoms with Crippen LogP contribution in [0.2, 0.25) is 0 Å². The summed E-state index contributed by atoms with van der Waals surface area (Å²) in [5, 5.41) is 0.382. The number of anilines is 1. The quantitative estimate of drug-likeness (QED) is 0.269. The molecule has 2 saturated heterocycles. The summed E-state index contributed by atoms with van der Waals surface area (Å²) < 4.78 is 91.9. The number of fused-ring (bicyclic) bond motifs is 2. The minimum absolute atomic E-state index is 0.000562. The Balaban J connectivity index is 1.53. The summed E-state index contributed by atoms with van der Waals surface area (Å²) >= 11 is 0. The van der Waals surface area contributed by atoms with Crippen LogP contribution in [0.4, 0.5) is 32.0 Å². The van der Waals surface area contributed by atoms with Crippen molar-refractivity contribution in [3.63, 3.8) is 0 Å². The van der Waals surface area contributed by atoms with Gasteiger partial charge in [0.15, 0.2) is 11.5 Å². The number of halogens is 6. The number of carbonyl (C=O) groups excluding carboxylic acids is 1. The molecule has 13 heteroatoms. The van der Waals surface area contributed by atoms with Gasteiger partial charge in [0.05, 0.1) is 16.8 Å². The Labute approximate surface area is 214 Å². The first-order chi connectivity index (χ1) is 17.9. The molecule has 2 aromatic rings. The number of hydrogen-bond acceptors (Lipinski definition) is 6. The van der Waals surface area contributed by atoms with Gasteiger partial charge in [-0.15, -0.1) is 0 Å². The first-order valence-electron chi connectivity index (χ1n) is 12.2. The van der Waals surface area contributed by atoms with E-state index in [0.29, 0.717) is 67.1 Å².